The average molecular weight is 332 g/mol. The van der Waals surface area contributed by atoms with E-state index in [1.807, 2.05) is 30.8 Å². The van der Waals surface area contributed by atoms with E-state index < -0.39 is 0 Å². The van der Waals surface area contributed by atoms with Crippen molar-refractivity contribution in [2.24, 2.45) is 5.92 Å². The summed E-state index contributed by atoms with van der Waals surface area (Å²) in [6.07, 6.45) is 4.35. The number of nitrogens with zero attached hydrogens (tertiary/aromatic N) is 2. The van der Waals surface area contributed by atoms with Gasteiger partial charge in [-0.15, -0.1) is 11.3 Å². The molecule has 0 aliphatic carbocycles. The average Bonchev–Trinajstić information content (AvgIpc) is 3.09. The first-order valence-corrected chi connectivity index (χ1v) is 8.93. The van der Waals surface area contributed by atoms with Crippen LogP contribution in [0.4, 0.5) is 0 Å². The second-order valence-electron chi connectivity index (χ2n) is 6.04. The predicted octanol–water partition coefficient (Wildman–Crippen LogP) is 3.23. The van der Waals surface area contributed by atoms with E-state index in [9.17, 15) is 0 Å². The fourth-order valence-corrected chi connectivity index (χ4v) is 3.98. The Hall–Kier alpha value is -1.43. The third-order valence-electron chi connectivity index (χ3n) is 4.55. The largest absolute Gasteiger partial charge is 0.497 e. The first-order chi connectivity index (χ1) is 11.3. The number of benzene rings is 1. The molecule has 0 N–H and O–H groups in total. The number of piperidine rings is 1. The highest BCUT2D eigenvalue weighted by Crippen LogP contribution is 2.26. The molecule has 2 atom stereocenters. The molecule has 1 aromatic heterocycles. The van der Waals surface area contributed by atoms with Crippen molar-refractivity contribution in [2.45, 2.75) is 25.5 Å². The molecule has 1 aromatic carbocycles. The van der Waals surface area contributed by atoms with Gasteiger partial charge in [-0.1, -0.05) is 12.1 Å². The van der Waals surface area contributed by atoms with Crippen LogP contribution in [0.1, 0.15) is 17.0 Å². The zero-order valence-corrected chi connectivity index (χ0v) is 14.6. The van der Waals surface area contributed by atoms with Crippen molar-refractivity contribution in [3.63, 3.8) is 0 Å². The molecule has 0 bridgehead atoms. The molecule has 23 heavy (non-hydrogen) atoms. The van der Waals surface area contributed by atoms with Gasteiger partial charge >= 0.3 is 0 Å². The Labute approximate surface area is 142 Å². The van der Waals surface area contributed by atoms with Crippen LogP contribution >= 0.6 is 11.3 Å². The van der Waals surface area contributed by atoms with E-state index in [0.717, 1.165) is 38.2 Å². The molecular weight excluding hydrogens is 308 g/mol. The van der Waals surface area contributed by atoms with E-state index >= 15 is 0 Å². The van der Waals surface area contributed by atoms with Crippen molar-refractivity contribution in [1.29, 1.82) is 0 Å². The van der Waals surface area contributed by atoms with E-state index in [4.69, 9.17) is 9.47 Å². The molecule has 2 aromatic rings. The smallest absolute Gasteiger partial charge is 0.118 e. The minimum absolute atomic E-state index is 0.338. The number of hydrogen-bond acceptors (Lipinski definition) is 5. The van der Waals surface area contributed by atoms with Gasteiger partial charge in [-0.25, -0.2) is 4.98 Å². The minimum atomic E-state index is 0.338. The molecule has 1 aliphatic heterocycles. The van der Waals surface area contributed by atoms with Gasteiger partial charge in [0.25, 0.3) is 0 Å². The zero-order chi connectivity index (χ0) is 16.1. The van der Waals surface area contributed by atoms with Crippen LogP contribution in [0, 0.1) is 5.92 Å². The highest BCUT2D eigenvalue weighted by Gasteiger charge is 2.29. The maximum atomic E-state index is 5.74. The van der Waals surface area contributed by atoms with Crippen molar-refractivity contribution < 1.29 is 9.47 Å². The number of ether oxygens (including phenoxy) is 2. The summed E-state index contributed by atoms with van der Waals surface area (Å²) >= 11 is 1.73. The lowest BCUT2D eigenvalue weighted by Crippen LogP contribution is -2.44. The van der Waals surface area contributed by atoms with E-state index in [2.05, 4.69) is 22.0 Å². The summed E-state index contributed by atoms with van der Waals surface area (Å²) in [5, 5.41) is 3.25. The Kier molecular flexibility index (Phi) is 5.65. The number of methoxy groups -OCH3 is 2. The molecular formula is C18H24N2O2S. The van der Waals surface area contributed by atoms with Crippen molar-refractivity contribution in [3.05, 3.63) is 46.4 Å². The fourth-order valence-electron chi connectivity index (χ4n) is 3.32. The third kappa shape index (κ3) is 4.31. The van der Waals surface area contributed by atoms with Crippen LogP contribution in [-0.2, 0) is 17.7 Å². The molecule has 5 heteroatoms. The Morgan fingerprint density at radius 3 is 2.74 bits per heavy atom. The lowest BCUT2D eigenvalue weighted by atomic mass is 9.88. The van der Waals surface area contributed by atoms with Gasteiger partial charge in [0.15, 0.2) is 0 Å². The molecule has 0 spiro atoms. The van der Waals surface area contributed by atoms with Gasteiger partial charge in [0.05, 0.1) is 19.8 Å². The summed E-state index contributed by atoms with van der Waals surface area (Å²) in [6.45, 7) is 3.09. The minimum Gasteiger partial charge on any atom is -0.497 e. The zero-order valence-electron chi connectivity index (χ0n) is 13.8. The van der Waals surface area contributed by atoms with Crippen LogP contribution in [0.3, 0.4) is 0 Å². The van der Waals surface area contributed by atoms with E-state index in [1.54, 1.807) is 18.4 Å². The fraction of sp³-hybridized carbons (Fsp3) is 0.500. The molecule has 1 fully saturated rings. The summed E-state index contributed by atoms with van der Waals surface area (Å²) in [6, 6.07) is 8.39. The molecule has 0 amide bonds. The van der Waals surface area contributed by atoms with Crippen molar-refractivity contribution >= 4 is 11.3 Å². The van der Waals surface area contributed by atoms with Crippen molar-refractivity contribution in [2.75, 3.05) is 27.3 Å². The molecule has 1 saturated heterocycles. The molecule has 0 saturated carbocycles. The van der Waals surface area contributed by atoms with Gasteiger partial charge in [0, 0.05) is 37.7 Å². The predicted molar refractivity (Wildman–Crippen MR) is 93.0 cm³/mol. The maximum absolute atomic E-state index is 5.74. The first-order valence-electron chi connectivity index (χ1n) is 8.05. The summed E-state index contributed by atoms with van der Waals surface area (Å²) in [5.41, 5.74) is 1.34. The Morgan fingerprint density at radius 2 is 2.09 bits per heavy atom. The molecule has 3 rings (SSSR count). The summed E-state index contributed by atoms with van der Waals surface area (Å²) in [5.74, 6) is 1.42. The monoisotopic (exact) mass is 332 g/mol. The van der Waals surface area contributed by atoms with Gasteiger partial charge in [-0.2, -0.15) is 0 Å². The number of rotatable bonds is 6. The summed E-state index contributed by atoms with van der Waals surface area (Å²) < 4.78 is 11.0. The normalized spacial score (nSPS) is 22.2. The van der Waals surface area contributed by atoms with Crippen molar-refractivity contribution in [1.82, 2.24) is 9.88 Å². The molecule has 0 radical (unpaired) electrons. The molecule has 2 heterocycles. The number of thiazole rings is 1. The van der Waals surface area contributed by atoms with Gasteiger partial charge < -0.3 is 9.47 Å². The van der Waals surface area contributed by atoms with E-state index in [0.29, 0.717) is 12.0 Å². The number of hydrogen-bond donors (Lipinski definition) is 0. The molecule has 1 aliphatic rings. The van der Waals surface area contributed by atoms with Crippen LogP contribution in [0.15, 0.2) is 35.8 Å². The number of aromatic nitrogens is 1. The lowest BCUT2D eigenvalue weighted by molar-refractivity contribution is -0.00849. The Balaban J connectivity index is 1.63. The van der Waals surface area contributed by atoms with Crippen LogP contribution in [0.5, 0.6) is 5.75 Å². The molecule has 124 valence electrons. The lowest BCUT2D eigenvalue weighted by Gasteiger charge is -2.37. The van der Waals surface area contributed by atoms with E-state index in [-0.39, 0.29) is 0 Å². The summed E-state index contributed by atoms with van der Waals surface area (Å²) in [4.78, 5) is 6.91. The highest BCUT2D eigenvalue weighted by atomic mass is 32.1. The Bertz CT molecular complexity index is 586. The molecule has 4 nitrogen and oxygen atoms in total. The third-order valence-corrected chi connectivity index (χ3v) is 5.31. The van der Waals surface area contributed by atoms with Crippen LogP contribution < -0.4 is 4.74 Å². The summed E-state index contributed by atoms with van der Waals surface area (Å²) in [7, 11) is 3.54. The highest BCUT2D eigenvalue weighted by molar-refractivity contribution is 7.09. The second kappa shape index (κ2) is 7.90. The number of likely N-dealkylation sites (tertiary alicyclic amines) is 1. The quantitative estimate of drug-likeness (QED) is 0.813. The maximum Gasteiger partial charge on any atom is 0.118 e. The van der Waals surface area contributed by atoms with Gasteiger partial charge in [-0.3, -0.25) is 4.90 Å². The van der Waals surface area contributed by atoms with E-state index in [1.165, 1.54) is 10.6 Å². The second-order valence-corrected chi connectivity index (χ2v) is 7.02. The van der Waals surface area contributed by atoms with Gasteiger partial charge in [0.1, 0.15) is 10.8 Å². The Morgan fingerprint density at radius 1 is 1.26 bits per heavy atom. The standard InChI is InChI=1S/C18H24N2O2S/c1-21-16-5-3-14(4-6-16)11-15-12-20(9-7-17(15)22-2)13-18-19-8-10-23-18/h3-6,8,10,15,17H,7,9,11-13H2,1-2H3/t15-,17+/m1/s1. The molecule has 0 unspecified atom stereocenters. The van der Waals surface area contributed by atoms with Gasteiger partial charge in [0.2, 0.25) is 0 Å². The van der Waals surface area contributed by atoms with Crippen molar-refractivity contribution in [3.8, 4) is 5.75 Å². The van der Waals surface area contributed by atoms with Gasteiger partial charge in [-0.05, 0) is 30.5 Å². The van der Waals surface area contributed by atoms with Crippen LogP contribution in [-0.4, -0.2) is 43.3 Å². The van der Waals surface area contributed by atoms with Crippen LogP contribution in [0.25, 0.3) is 0 Å². The van der Waals surface area contributed by atoms with Crippen LogP contribution in [0.2, 0.25) is 0 Å². The first kappa shape index (κ1) is 16.4. The topological polar surface area (TPSA) is 34.6 Å². The SMILES string of the molecule is COc1ccc(C[C@@H]2CN(Cc3nccs3)CC[C@@H]2OC)cc1.